The summed E-state index contributed by atoms with van der Waals surface area (Å²) in [7, 11) is 0. The van der Waals surface area contributed by atoms with E-state index in [9.17, 15) is 4.79 Å². The molecule has 24 heavy (non-hydrogen) atoms. The first-order valence-electron chi connectivity index (χ1n) is 8.07. The molecule has 0 radical (unpaired) electrons. The summed E-state index contributed by atoms with van der Waals surface area (Å²) < 4.78 is 1.56. The molecule has 128 valence electrons. The maximum Gasteiger partial charge on any atom is 0.323 e. The van der Waals surface area contributed by atoms with Crippen LogP contribution in [0.5, 0.6) is 0 Å². The van der Waals surface area contributed by atoms with E-state index in [0.717, 1.165) is 36.7 Å². The lowest BCUT2D eigenvalue weighted by atomic mass is 10.3. The third kappa shape index (κ3) is 3.87. The number of aryl methyl sites for hydroxylation is 2. The van der Waals surface area contributed by atoms with E-state index in [0.29, 0.717) is 17.0 Å². The van der Waals surface area contributed by atoms with Gasteiger partial charge in [-0.1, -0.05) is 6.92 Å². The minimum absolute atomic E-state index is 0.101. The Morgan fingerprint density at radius 2 is 2.04 bits per heavy atom. The number of hydrogen-bond acceptors (Lipinski definition) is 5. The number of rotatable bonds is 2. The molecule has 1 aliphatic heterocycles. The van der Waals surface area contributed by atoms with Gasteiger partial charge in [-0.2, -0.15) is 21.5 Å². The van der Waals surface area contributed by atoms with Gasteiger partial charge in [0.25, 0.3) is 5.95 Å². The molecule has 8 heteroatoms. The van der Waals surface area contributed by atoms with E-state index in [-0.39, 0.29) is 6.03 Å². The molecule has 1 unspecified atom stereocenters. The molecule has 0 bridgehead atoms. The molecule has 0 spiro atoms. The number of hydrogen-bond donors (Lipinski definition) is 1. The molecule has 1 saturated heterocycles. The number of amides is 2. The largest absolute Gasteiger partial charge is 0.324 e. The number of nitrogens with one attached hydrogen (secondary N) is 1. The van der Waals surface area contributed by atoms with Gasteiger partial charge in [0.2, 0.25) is 0 Å². The Kier molecular flexibility index (Phi) is 5.03. The number of aromatic nitrogens is 4. The van der Waals surface area contributed by atoms with Gasteiger partial charge in [-0.05, 0) is 26.3 Å². The minimum atomic E-state index is -0.101. The molecule has 0 aromatic carbocycles. The lowest BCUT2D eigenvalue weighted by Gasteiger charge is -2.20. The molecule has 3 rings (SSSR count). The van der Waals surface area contributed by atoms with Crippen molar-refractivity contribution in [2.45, 2.75) is 32.4 Å². The Balaban J connectivity index is 1.77. The van der Waals surface area contributed by atoms with Crippen molar-refractivity contribution < 1.29 is 4.79 Å². The van der Waals surface area contributed by atoms with E-state index in [2.05, 4.69) is 27.3 Å². The van der Waals surface area contributed by atoms with Crippen molar-refractivity contribution in [2.75, 3.05) is 24.2 Å². The van der Waals surface area contributed by atoms with Crippen molar-refractivity contribution in [3.8, 4) is 5.95 Å². The Morgan fingerprint density at radius 1 is 1.29 bits per heavy atom. The molecule has 2 aromatic rings. The molecule has 1 fully saturated rings. The molecular formula is C16H22N6OS. The van der Waals surface area contributed by atoms with Crippen LogP contribution in [0.1, 0.15) is 24.7 Å². The normalized spacial score (nSPS) is 18.3. The highest BCUT2D eigenvalue weighted by molar-refractivity contribution is 7.99. The SMILES string of the molecule is Cc1cc(C)nc(-n2nccc2NC(=O)N2CCSC(C)CC2)n1. The van der Waals surface area contributed by atoms with Crippen molar-refractivity contribution in [2.24, 2.45) is 0 Å². The molecule has 0 saturated carbocycles. The second kappa shape index (κ2) is 7.21. The molecular weight excluding hydrogens is 324 g/mol. The third-order valence-corrected chi connectivity index (χ3v) is 5.12. The average molecular weight is 346 g/mol. The summed E-state index contributed by atoms with van der Waals surface area (Å²) in [5.41, 5.74) is 1.73. The van der Waals surface area contributed by atoms with E-state index >= 15 is 0 Å². The van der Waals surface area contributed by atoms with Crippen molar-refractivity contribution >= 4 is 23.6 Å². The lowest BCUT2D eigenvalue weighted by molar-refractivity contribution is 0.215. The second-order valence-corrected chi connectivity index (χ2v) is 7.51. The topological polar surface area (TPSA) is 75.9 Å². The van der Waals surface area contributed by atoms with Crippen LogP contribution in [-0.4, -0.2) is 54.8 Å². The van der Waals surface area contributed by atoms with Gasteiger partial charge in [0, 0.05) is 41.5 Å². The van der Waals surface area contributed by atoms with E-state index < -0.39 is 0 Å². The number of urea groups is 1. The minimum Gasteiger partial charge on any atom is -0.324 e. The quantitative estimate of drug-likeness (QED) is 0.905. The van der Waals surface area contributed by atoms with Crippen LogP contribution in [0.2, 0.25) is 0 Å². The first-order valence-corrected chi connectivity index (χ1v) is 9.12. The summed E-state index contributed by atoms with van der Waals surface area (Å²) in [4.78, 5) is 23.2. The molecule has 3 heterocycles. The zero-order valence-corrected chi connectivity index (χ0v) is 15.0. The van der Waals surface area contributed by atoms with Crippen LogP contribution in [0.3, 0.4) is 0 Å². The first kappa shape index (κ1) is 16.8. The lowest BCUT2D eigenvalue weighted by Crippen LogP contribution is -2.37. The third-order valence-electron chi connectivity index (χ3n) is 3.89. The van der Waals surface area contributed by atoms with Gasteiger partial charge in [0.1, 0.15) is 5.82 Å². The summed E-state index contributed by atoms with van der Waals surface area (Å²) in [6.45, 7) is 7.56. The summed E-state index contributed by atoms with van der Waals surface area (Å²) in [5.74, 6) is 2.01. The van der Waals surface area contributed by atoms with Crippen LogP contribution in [0.15, 0.2) is 18.3 Å². The van der Waals surface area contributed by atoms with Crippen molar-refractivity contribution in [3.63, 3.8) is 0 Å². The van der Waals surface area contributed by atoms with Gasteiger partial charge < -0.3 is 4.90 Å². The fraction of sp³-hybridized carbons (Fsp3) is 0.500. The summed E-state index contributed by atoms with van der Waals surface area (Å²) in [6, 6.07) is 3.56. The zero-order chi connectivity index (χ0) is 17.1. The molecule has 1 atom stereocenters. The van der Waals surface area contributed by atoms with Gasteiger partial charge >= 0.3 is 6.03 Å². The summed E-state index contributed by atoms with van der Waals surface area (Å²) in [5, 5.41) is 7.78. The van der Waals surface area contributed by atoms with Crippen LogP contribution in [0, 0.1) is 13.8 Å². The average Bonchev–Trinajstić information content (AvgIpc) is 2.86. The van der Waals surface area contributed by atoms with Crippen LogP contribution < -0.4 is 5.32 Å². The number of nitrogens with zero attached hydrogens (tertiary/aromatic N) is 5. The van der Waals surface area contributed by atoms with E-state index in [1.165, 1.54) is 0 Å². The van der Waals surface area contributed by atoms with Crippen LogP contribution in [0.25, 0.3) is 5.95 Å². The molecule has 2 aromatic heterocycles. The van der Waals surface area contributed by atoms with Gasteiger partial charge in [0.05, 0.1) is 6.20 Å². The number of anilines is 1. The highest BCUT2D eigenvalue weighted by atomic mass is 32.2. The van der Waals surface area contributed by atoms with E-state index in [4.69, 9.17) is 0 Å². The zero-order valence-electron chi connectivity index (χ0n) is 14.2. The number of carbonyl (C=O) groups excluding carboxylic acids is 1. The monoisotopic (exact) mass is 346 g/mol. The number of thioether (sulfide) groups is 1. The van der Waals surface area contributed by atoms with Gasteiger partial charge in [-0.15, -0.1) is 0 Å². The Hall–Kier alpha value is -2.09. The standard InChI is InChI=1S/C16H22N6OS/c1-11-10-12(2)19-15(18-11)22-14(4-6-17-22)20-16(23)21-7-5-13(3)24-9-8-21/h4,6,10,13H,5,7-9H2,1-3H3,(H,20,23). The summed E-state index contributed by atoms with van der Waals surface area (Å²) >= 11 is 1.91. The molecule has 1 N–H and O–H groups in total. The Labute approximate surface area is 145 Å². The van der Waals surface area contributed by atoms with Gasteiger partial charge in [-0.25, -0.2) is 14.8 Å². The molecule has 7 nitrogen and oxygen atoms in total. The van der Waals surface area contributed by atoms with Crippen molar-refractivity contribution in [3.05, 3.63) is 29.7 Å². The predicted octanol–water partition coefficient (Wildman–Crippen LogP) is 2.64. The van der Waals surface area contributed by atoms with Crippen molar-refractivity contribution in [1.82, 2.24) is 24.6 Å². The Bertz CT molecular complexity index is 711. The fourth-order valence-electron chi connectivity index (χ4n) is 2.65. The second-order valence-electron chi connectivity index (χ2n) is 5.97. The predicted molar refractivity (Wildman–Crippen MR) is 95.8 cm³/mol. The smallest absolute Gasteiger partial charge is 0.323 e. The molecule has 1 aliphatic rings. The highest BCUT2D eigenvalue weighted by Gasteiger charge is 2.20. The Morgan fingerprint density at radius 3 is 2.79 bits per heavy atom. The molecule has 2 amide bonds. The summed E-state index contributed by atoms with van der Waals surface area (Å²) in [6.07, 6.45) is 2.65. The number of carbonyl (C=O) groups is 1. The van der Waals surface area contributed by atoms with Crippen LogP contribution in [0.4, 0.5) is 10.6 Å². The first-order chi connectivity index (χ1) is 11.5. The van der Waals surface area contributed by atoms with Gasteiger partial charge in [0.15, 0.2) is 0 Å². The highest BCUT2D eigenvalue weighted by Crippen LogP contribution is 2.20. The van der Waals surface area contributed by atoms with E-state index in [1.54, 1.807) is 16.9 Å². The van der Waals surface area contributed by atoms with Crippen LogP contribution >= 0.6 is 11.8 Å². The van der Waals surface area contributed by atoms with E-state index in [1.807, 2.05) is 36.6 Å². The maximum atomic E-state index is 12.6. The van der Waals surface area contributed by atoms with Crippen LogP contribution in [-0.2, 0) is 0 Å². The maximum absolute atomic E-state index is 12.6. The fourth-order valence-corrected chi connectivity index (χ4v) is 3.65. The van der Waals surface area contributed by atoms with Gasteiger partial charge in [-0.3, -0.25) is 5.32 Å². The van der Waals surface area contributed by atoms with Crippen molar-refractivity contribution in [1.29, 1.82) is 0 Å². The molecule has 0 aliphatic carbocycles.